The largest absolute Gasteiger partial charge is 1.00 e. The average molecular weight is 284 g/mol. The van der Waals surface area contributed by atoms with E-state index in [0.29, 0.717) is 11.2 Å². The summed E-state index contributed by atoms with van der Waals surface area (Å²) in [6.07, 6.45) is 1.48. The Morgan fingerprint density at radius 3 is 2.26 bits per heavy atom. The van der Waals surface area contributed by atoms with Crippen LogP contribution in [-0.4, -0.2) is 25.1 Å². The fourth-order valence-corrected chi connectivity index (χ4v) is 1.22. The van der Waals surface area contributed by atoms with Gasteiger partial charge in [0.05, 0.1) is 11.8 Å². The van der Waals surface area contributed by atoms with E-state index in [1.807, 2.05) is 0 Å². The van der Waals surface area contributed by atoms with E-state index >= 15 is 0 Å². The minimum absolute atomic E-state index is 0. The Balaban J connectivity index is 0. The number of imidazole rings is 1. The number of aliphatic carboxylic acids is 1. The molecule has 0 radical (unpaired) electrons. The van der Waals surface area contributed by atoms with Crippen molar-refractivity contribution in [1.29, 1.82) is 0 Å². The third-order valence-electron chi connectivity index (χ3n) is 1.92. The van der Waals surface area contributed by atoms with Crippen molar-refractivity contribution in [2.75, 3.05) is 0 Å². The van der Waals surface area contributed by atoms with Crippen LogP contribution in [0, 0.1) is 0 Å². The smallest absolute Gasteiger partial charge is 0.857 e. The molecule has 8 nitrogen and oxygen atoms in total. The average Bonchev–Trinajstić information content (AvgIpc) is 2.56. The van der Waals surface area contributed by atoms with Gasteiger partial charge in [-0.1, -0.05) is 0 Å². The van der Waals surface area contributed by atoms with Gasteiger partial charge in [-0.2, -0.15) is 0 Å². The Kier molecular flexibility index (Phi) is 9.61. The van der Waals surface area contributed by atoms with Crippen molar-refractivity contribution in [3.63, 3.8) is 0 Å². The Bertz CT molecular complexity index is 618. The Morgan fingerprint density at radius 2 is 1.79 bits per heavy atom. The van der Waals surface area contributed by atoms with Crippen molar-refractivity contribution in [3.05, 3.63) is 16.8 Å². The summed E-state index contributed by atoms with van der Waals surface area (Å²) < 4.78 is 2.79. The maximum absolute atomic E-state index is 11.2. The number of aryl methyl sites for hydroxylation is 2. The molecule has 0 aliphatic rings. The Hall–Kier alpha value is -0.380. The summed E-state index contributed by atoms with van der Waals surface area (Å²) in [6, 6.07) is 0. The standard InChI is InChI=1S/C7H8N4O2.C2H4O2.2Na/c1-10-3-8-5-4(10)6(12)9-7(13)11(5)2;1-2(3)4;;/h3H,1-2H3,(H,9,12,13);1H3,(H,3,4);;/q;;2*+1/p-2. The van der Waals surface area contributed by atoms with E-state index in [4.69, 9.17) is 9.90 Å². The second kappa shape index (κ2) is 8.72. The third kappa shape index (κ3) is 5.25. The normalized spacial score (nSPS) is 8.79. The van der Waals surface area contributed by atoms with Crippen LogP contribution in [0.1, 0.15) is 6.92 Å². The quantitative estimate of drug-likeness (QED) is 0.444. The first-order chi connectivity index (χ1) is 7.84. The molecule has 2 aromatic rings. The predicted molar refractivity (Wildman–Crippen MR) is 53.9 cm³/mol. The minimum atomic E-state index is -1.08. The monoisotopic (exact) mass is 284 g/mol. The molecule has 2 rings (SSSR count). The number of aromatic nitrogens is 4. The summed E-state index contributed by atoms with van der Waals surface area (Å²) in [7, 11) is 3.22. The van der Waals surface area contributed by atoms with Crippen LogP contribution in [0.3, 0.4) is 0 Å². The van der Waals surface area contributed by atoms with Crippen LogP contribution >= 0.6 is 0 Å². The molecule has 0 aromatic carbocycles. The van der Waals surface area contributed by atoms with E-state index in [0.717, 1.165) is 6.92 Å². The molecule has 10 heteroatoms. The molecule has 0 bridgehead atoms. The van der Waals surface area contributed by atoms with Gasteiger partial charge >= 0.3 is 64.8 Å². The number of carbonyl (C=O) groups excluding carboxylic acids is 1. The van der Waals surface area contributed by atoms with Crippen LogP contribution in [0.5, 0.6) is 5.88 Å². The molecular formula is C9H10N4Na2O4. The zero-order valence-corrected chi connectivity index (χ0v) is 15.5. The summed E-state index contributed by atoms with van der Waals surface area (Å²) in [5.74, 6) is -1.61. The van der Waals surface area contributed by atoms with Gasteiger partial charge in [-0.25, -0.2) is 14.8 Å². The van der Waals surface area contributed by atoms with Gasteiger partial charge in [-0.3, -0.25) is 4.57 Å². The van der Waals surface area contributed by atoms with Crippen molar-refractivity contribution in [3.8, 4) is 5.88 Å². The van der Waals surface area contributed by atoms with Crippen molar-refractivity contribution >= 4 is 17.1 Å². The second-order valence-electron chi connectivity index (χ2n) is 3.28. The van der Waals surface area contributed by atoms with Gasteiger partial charge in [0.25, 0.3) is 0 Å². The molecule has 0 amide bonds. The van der Waals surface area contributed by atoms with Gasteiger partial charge in [-0.05, 0) is 6.92 Å². The molecule has 19 heavy (non-hydrogen) atoms. The molecule has 0 aliphatic heterocycles. The molecule has 0 aliphatic carbocycles. The Labute approximate surface area is 153 Å². The van der Waals surface area contributed by atoms with E-state index < -0.39 is 17.5 Å². The number of hydrogen-bond acceptors (Lipinski definition) is 6. The zero-order valence-electron chi connectivity index (χ0n) is 11.5. The summed E-state index contributed by atoms with van der Waals surface area (Å²) in [5.41, 5.74) is 0.144. The molecule has 0 spiro atoms. The second-order valence-corrected chi connectivity index (χ2v) is 3.28. The van der Waals surface area contributed by atoms with E-state index in [2.05, 4.69) is 9.97 Å². The number of rotatable bonds is 0. The molecule has 92 valence electrons. The number of nitrogens with zero attached hydrogens (tertiary/aromatic N) is 4. The molecular weight excluding hydrogens is 274 g/mol. The molecule has 0 fully saturated rings. The fourth-order valence-electron chi connectivity index (χ4n) is 1.22. The van der Waals surface area contributed by atoms with Crippen LogP contribution < -0.4 is 75.0 Å². The van der Waals surface area contributed by atoms with Gasteiger partial charge < -0.3 is 19.6 Å². The van der Waals surface area contributed by atoms with Gasteiger partial charge in [0.15, 0.2) is 5.65 Å². The first-order valence-electron chi connectivity index (χ1n) is 4.57. The number of fused-ring (bicyclic) bond motifs is 1. The molecule has 0 atom stereocenters. The maximum atomic E-state index is 11.2. The van der Waals surface area contributed by atoms with Crippen LogP contribution in [0.15, 0.2) is 11.1 Å². The van der Waals surface area contributed by atoms with Crippen molar-refractivity contribution in [2.45, 2.75) is 6.92 Å². The van der Waals surface area contributed by atoms with Crippen LogP contribution in [0.25, 0.3) is 11.2 Å². The zero-order chi connectivity index (χ0) is 13.2. The summed E-state index contributed by atoms with van der Waals surface area (Å²) >= 11 is 0. The molecule has 0 N–H and O–H groups in total. The third-order valence-corrected chi connectivity index (χ3v) is 1.92. The number of carbonyl (C=O) groups is 1. The van der Waals surface area contributed by atoms with Gasteiger partial charge in [-0.15, -0.1) is 0 Å². The van der Waals surface area contributed by atoms with Crippen molar-refractivity contribution in [2.24, 2.45) is 14.1 Å². The summed E-state index contributed by atoms with van der Waals surface area (Å²) in [6.45, 7) is 0.972. The van der Waals surface area contributed by atoms with Gasteiger partial charge in [0, 0.05) is 25.9 Å². The summed E-state index contributed by atoms with van der Waals surface area (Å²) in [5, 5.41) is 20.1. The van der Waals surface area contributed by atoms with Gasteiger partial charge in [0.2, 0.25) is 0 Å². The first kappa shape index (κ1) is 20.9. The van der Waals surface area contributed by atoms with E-state index in [-0.39, 0.29) is 59.1 Å². The van der Waals surface area contributed by atoms with Crippen LogP contribution in [0.4, 0.5) is 0 Å². The minimum Gasteiger partial charge on any atom is -0.857 e. The summed E-state index contributed by atoms with van der Waals surface area (Å²) in [4.78, 5) is 27.2. The molecule has 0 saturated carbocycles. The van der Waals surface area contributed by atoms with Crippen molar-refractivity contribution in [1.82, 2.24) is 19.1 Å². The molecule has 0 saturated heterocycles. The van der Waals surface area contributed by atoms with E-state index in [9.17, 15) is 9.90 Å². The van der Waals surface area contributed by atoms with Crippen LogP contribution in [-0.2, 0) is 18.9 Å². The predicted octanol–water partition coefficient (Wildman–Crippen LogP) is -8.50. The number of carboxylic acids is 1. The maximum Gasteiger partial charge on any atom is 1.00 e. The first-order valence-corrected chi connectivity index (χ1v) is 4.57. The number of hydrogen-bond donors (Lipinski definition) is 0. The Morgan fingerprint density at radius 1 is 1.32 bits per heavy atom. The SMILES string of the molecule is CC(=O)[O-].Cn1cnc2c1c([O-])nc(=O)n2C.[Na+].[Na+]. The number of carboxylic acid groups (broad SMARTS) is 1. The molecule has 0 unspecified atom stereocenters. The topological polar surface area (TPSA) is 116 Å². The molecule has 2 heterocycles. The van der Waals surface area contributed by atoms with E-state index in [1.165, 1.54) is 17.9 Å². The van der Waals surface area contributed by atoms with Crippen LogP contribution in [0.2, 0.25) is 0 Å². The van der Waals surface area contributed by atoms with Gasteiger partial charge in [0.1, 0.15) is 0 Å². The van der Waals surface area contributed by atoms with E-state index in [1.54, 1.807) is 11.6 Å². The molecule has 2 aromatic heterocycles. The fraction of sp³-hybridized carbons (Fsp3) is 0.333. The van der Waals surface area contributed by atoms with Crippen molar-refractivity contribution < 1.29 is 74.1 Å².